The van der Waals surface area contributed by atoms with Crippen LogP contribution in [-0.2, 0) is 11.3 Å². The van der Waals surface area contributed by atoms with Crippen LogP contribution in [0.4, 0.5) is 0 Å². The Balaban J connectivity index is 1.62. The molecule has 7 heteroatoms. The fourth-order valence-corrected chi connectivity index (χ4v) is 4.74. The second-order valence-electron chi connectivity index (χ2n) is 7.42. The Morgan fingerprint density at radius 3 is 2.84 bits per heavy atom. The molecule has 0 spiro atoms. The Kier molecular flexibility index (Phi) is 4.30. The molecule has 2 fully saturated rings. The molecule has 0 unspecified atom stereocenters. The summed E-state index contributed by atoms with van der Waals surface area (Å²) in [5.41, 5.74) is 6.45. The first kappa shape index (κ1) is 16.9. The zero-order valence-corrected chi connectivity index (χ0v) is 15.2. The van der Waals surface area contributed by atoms with Gasteiger partial charge in [0.15, 0.2) is 11.5 Å². The van der Waals surface area contributed by atoms with Crippen LogP contribution < -0.4 is 15.2 Å². The van der Waals surface area contributed by atoms with Crippen molar-refractivity contribution in [2.24, 2.45) is 11.1 Å². The van der Waals surface area contributed by atoms with Gasteiger partial charge in [-0.15, -0.1) is 0 Å². The molecule has 2 atom stereocenters. The molecule has 3 aliphatic rings. The van der Waals surface area contributed by atoms with Crippen molar-refractivity contribution in [2.45, 2.75) is 31.8 Å². The largest absolute Gasteiger partial charge is 0.454 e. The van der Waals surface area contributed by atoms with Gasteiger partial charge in [-0.25, -0.2) is 0 Å². The van der Waals surface area contributed by atoms with Crippen molar-refractivity contribution in [3.8, 4) is 11.5 Å². The lowest BCUT2D eigenvalue weighted by Gasteiger charge is -2.53. The number of carbonyl (C=O) groups is 1. The van der Waals surface area contributed by atoms with E-state index in [1.165, 1.54) is 0 Å². The molecule has 25 heavy (non-hydrogen) atoms. The molecular formula is C18H24ClN3O3. The molecule has 136 valence electrons. The summed E-state index contributed by atoms with van der Waals surface area (Å²) in [7, 11) is 2.10. The van der Waals surface area contributed by atoms with E-state index < -0.39 is 5.41 Å². The molecule has 0 aliphatic carbocycles. The van der Waals surface area contributed by atoms with Gasteiger partial charge in [-0.3, -0.25) is 9.69 Å². The van der Waals surface area contributed by atoms with Crippen molar-refractivity contribution in [1.29, 1.82) is 0 Å². The summed E-state index contributed by atoms with van der Waals surface area (Å²) in [6, 6.07) is 3.90. The highest BCUT2D eigenvalue weighted by atomic mass is 35.5. The number of hydrogen-bond acceptors (Lipinski definition) is 5. The predicted molar refractivity (Wildman–Crippen MR) is 94.7 cm³/mol. The number of primary amides is 1. The van der Waals surface area contributed by atoms with Crippen molar-refractivity contribution in [3.05, 3.63) is 22.7 Å². The summed E-state index contributed by atoms with van der Waals surface area (Å²) >= 11 is 6.46. The van der Waals surface area contributed by atoms with Crippen LogP contribution in [0.2, 0.25) is 5.02 Å². The molecule has 3 aliphatic heterocycles. The van der Waals surface area contributed by atoms with Crippen LogP contribution in [0.25, 0.3) is 0 Å². The first-order valence-corrected chi connectivity index (χ1v) is 9.18. The molecule has 4 rings (SSSR count). The van der Waals surface area contributed by atoms with Gasteiger partial charge < -0.3 is 20.1 Å². The van der Waals surface area contributed by atoms with Gasteiger partial charge in [0.05, 0.1) is 5.41 Å². The summed E-state index contributed by atoms with van der Waals surface area (Å²) in [6.45, 7) is 3.63. The van der Waals surface area contributed by atoms with Gasteiger partial charge in [0, 0.05) is 30.2 Å². The molecular weight excluding hydrogens is 342 g/mol. The minimum atomic E-state index is -0.423. The molecule has 1 aromatic carbocycles. The van der Waals surface area contributed by atoms with Gasteiger partial charge in [0.1, 0.15) is 0 Å². The van der Waals surface area contributed by atoms with Gasteiger partial charge in [-0.05, 0) is 51.0 Å². The first-order chi connectivity index (χ1) is 12.0. The van der Waals surface area contributed by atoms with Crippen molar-refractivity contribution >= 4 is 17.5 Å². The molecule has 1 aromatic rings. The molecule has 2 saturated heterocycles. The lowest BCUT2D eigenvalue weighted by Crippen LogP contribution is -2.64. The van der Waals surface area contributed by atoms with E-state index in [0.717, 1.165) is 50.2 Å². The van der Waals surface area contributed by atoms with Crippen molar-refractivity contribution < 1.29 is 14.3 Å². The second-order valence-corrected chi connectivity index (χ2v) is 7.83. The smallest absolute Gasteiger partial charge is 0.231 e. The highest BCUT2D eigenvalue weighted by Gasteiger charge is 2.51. The minimum absolute atomic E-state index is 0.124. The highest BCUT2D eigenvalue weighted by molar-refractivity contribution is 6.31. The standard InChI is InChI=1S/C18H24ClN3O3/c1-21-6-4-18(17(20)23)3-2-5-22(16(18)10-21)9-12-7-14-15(8-13(12)19)25-11-24-14/h7-8,16H,2-6,9-11H2,1H3,(H2,20,23)/t16-,18+/m0/s1. The SMILES string of the molecule is CN1CC[C@]2(C(N)=O)CCCN(Cc3cc4c(cc3Cl)OCO4)[C@H]2C1. The topological polar surface area (TPSA) is 68.0 Å². The van der Waals surface area contributed by atoms with Crippen LogP contribution in [0.15, 0.2) is 12.1 Å². The summed E-state index contributed by atoms with van der Waals surface area (Å²) in [5, 5.41) is 0.670. The number of amides is 1. The van der Waals surface area contributed by atoms with E-state index >= 15 is 0 Å². The highest BCUT2D eigenvalue weighted by Crippen LogP contribution is 2.44. The quantitative estimate of drug-likeness (QED) is 0.885. The minimum Gasteiger partial charge on any atom is -0.454 e. The zero-order valence-electron chi connectivity index (χ0n) is 14.5. The number of benzene rings is 1. The van der Waals surface area contributed by atoms with E-state index in [2.05, 4.69) is 16.8 Å². The number of likely N-dealkylation sites (N-methyl/N-ethyl adjacent to an activating group) is 1. The summed E-state index contributed by atoms with van der Waals surface area (Å²) in [4.78, 5) is 17.0. The van der Waals surface area contributed by atoms with E-state index in [9.17, 15) is 4.79 Å². The van der Waals surface area contributed by atoms with Crippen LogP contribution in [0, 0.1) is 5.41 Å². The van der Waals surface area contributed by atoms with E-state index in [1.54, 1.807) is 0 Å². The number of fused-ring (bicyclic) bond motifs is 2. The molecule has 0 radical (unpaired) electrons. The van der Waals surface area contributed by atoms with Crippen molar-refractivity contribution in [3.63, 3.8) is 0 Å². The normalized spacial score (nSPS) is 29.4. The van der Waals surface area contributed by atoms with Crippen LogP contribution in [0.3, 0.4) is 0 Å². The van der Waals surface area contributed by atoms with Gasteiger partial charge in [-0.2, -0.15) is 0 Å². The average Bonchev–Trinajstić information content (AvgIpc) is 3.02. The van der Waals surface area contributed by atoms with E-state index in [-0.39, 0.29) is 18.7 Å². The zero-order chi connectivity index (χ0) is 17.6. The Morgan fingerprint density at radius 1 is 1.32 bits per heavy atom. The van der Waals surface area contributed by atoms with E-state index in [0.29, 0.717) is 17.3 Å². The van der Waals surface area contributed by atoms with Crippen molar-refractivity contribution in [2.75, 3.05) is 33.5 Å². The Morgan fingerprint density at radius 2 is 2.08 bits per heavy atom. The van der Waals surface area contributed by atoms with Gasteiger partial charge in [-0.1, -0.05) is 11.6 Å². The Bertz CT molecular complexity index is 698. The molecule has 3 heterocycles. The fourth-order valence-electron chi connectivity index (χ4n) is 4.53. The number of halogens is 1. The summed E-state index contributed by atoms with van der Waals surface area (Å²) < 4.78 is 10.9. The lowest BCUT2D eigenvalue weighted by molar-refractivity contribution is -0.141. The summed E-state index contributed by atoms with van der Waals surface area (Å²) in [5.74, 6) is 1.27. The first-order valence-electron chi connectivity index (χ1n) is 8.80. The maximum absolute atomic E-state index is 12.3. The van der Waals surface area contributed by atoms with Crippen LogP contribution in [0.1, 0.15) is 24.8 Å². The van der Waals surface area contributed by atoms with E-state index in [1.807, 2.05) is 12.1 Å². The molecule has 0 saturated carbocycles. The number of nitrogens with two attached hydrogens (primary N) is 1. The third-order valence-electron chi connectivity index (χ3n) is 5.98. The Labute approximate surface area is 152 Å². The van der Waals surface area contributed by atoms with Gasteiger partial charge >= 0.3 is 0 Å². The molecule has 2 N–H and O–H groups in total. The second kappa shape index (κ2) is 6.34. The molecule has 0 aromatic heterocycles. The maximum Gasteiger partial charge on any atom is 0.231 e. The number of piperidine rings is 2. The molecule has 1 amide bonds. The molecule has 0 bridgehead atoms. The average molecular weight is 366 g/mol. The molecule has 6 nitrogen and oxygen atoms in total. The third kappa shape index (κ3) is 2.86. The fraction of sp³-hybridized carbons (Fsp3) is 0.611. The number of rotatable bonds is 3. The number of nitrogens with zero attached hydrogens (tertiary/aromatic N) is 2. The lowest BCUT2D eigenvalue weighted by atomic mass is 9.68. The maximum atomic E-state index is 12.3. The van der Waals surface area contributed by atoms with Gasteiger partial charge in [0.2, 0.25) is 12.7 Å². The number of carbonyl (C=O) groups excluding carboxylic acids is 1. The van der Waals surface area contributed by atoms with Gasteiger partial charge in [0.25, 0.3) is 0 Å². The van der Waals surface area contributed by atoms with E-state index in [4.69, 9.17) is 26.8 Å². The number of ether oxygens (including phenoxy) is 2. The van der Waals surface area contributed by atoms with Crippen LogP contribution in [-0.4, -0.2) is 55.2 Å². The van der Waals surface area contributed by atoms with Crippen molar-refractivity contribution in [1.82, 2.24) is 9.80 Å². The monoisotopic (exact) mass is 365 g/mol. The number of hydrogen-bond donors (Lipinski definition) is 1. The number of likely N-dealkylation sites (tertiary alicyclic amines) is 2. The Hall–Kier alpha value is -1.50. The van der Waals surface area contributed by atoms with Crippen LogP contribution in [0.5, 0.6) is 11.5 Å². The third-order valence-corrected chi connectivity index (χ3v) is 6.33. The predicted octanol–water partition coefficient (Wildman–Crippen LogP) is 1.84. The summed E-state index contributed by atoms with van der Waals surface area (Å²) in [6.07, 6.45) is 2.69. The van der Waals surface area contributed by atoms with Crippen LogP contribution >= 0.6 is 11.6 Å².